The summed E-state index contributed by atoms with van der Waals surface area (Å²) >= 11 is 0. The number of nitrogens with one attached hydrogen (secondary N) is 1. The molecule has 0 saturated heterocycles. The fraction of sp³-hybridized carbons (Fsp3) is 0.923. The van der Waals surface area contributed by atoms with Crippen molar-refractivity contribution in [1.82, 2.24) is 10.2 Å². The van der Waals surface area contributed by atoms with Gasteiger partial charge >= 0.3 is 0 Å². The Morgan fingerprint density at radius 3 is 2.38 bits per heavy atom. The highest BCUT2D eigenvalue weighted by atomic mass is 16.2. The van der Waals surface area contributed by atoms with Gasteiger partial charge in [-0.1, -0.05) is 19.8 Å². The van der Waals surface area contributed by atoms with Crippen LogP contribution in [0.25, 0.3) is 0 Å². The largest absolute Gasteiger partial charge is 0.348 e. The Morgan fingerprint density at radius 2 is 1.94 bits per heavy atom. The first kappa shape index (κ1) is 13.5. The third-order valence-electron chi connectivity index (χ3n) is 3.82. The van der Waals surface area contributed by atoms with E-state index in [4.69, 9.17) is 0 Å². The van der Waals surface area contributed by atoms with Crippen LogP contribution in [0.2, 0.25) is 0 Å². The fourth-order valence-electron chi connectivity index (χ4n) is 2.51. The van der Waals surface area contributed by atoms with Crippen LogP contribution >= 0.6 is 0 Å². The molecule has 0 aromatic carbocycles. The maximum Gasteiger partial charge on any atom is 0.229 e. The molecule has 0 radical (unpaired) electrons. The highest BCUT2D eigenvalue weighted by Crippen LogP contribution is 2.39. The Kier molecular flexibility index (Phi) is 4.78. The Balaban J connectivity index is 2.62. The average molecular weight is 226 g/mol. The van der Waals surface area contributed by atoms with E-state index in [9.17, 15) is 4.79 Å². The van der Waals surface area contributed by atoms with Gasteiger partial charge in [-0.3, -0.25) is 4.79 Å². The molecule has 3 nitrogen and oxygen atoms in total. The molecule has 0 aliphatic heterocycles. The van der Waals surface area contributed by atoms with Crippen molar-refractivity contribution >= 4 is 5.91 Å². The van der Waals surface area contributed by atoms with Gasteiger partial charge in [0, 0.05) is 26.7 Å². The first-order valence-corrected chi connectivity index (χ1v) is 6.47. The van der Waals surface area contributed by atoms with Gasteiger partial charge < -0.3 is 10.2 Å². The molecular formula is C13H26N2O. The lowest BCUT2D eigenvalue weighted by Gasteiger charge is -2.32. The molecule has 1 aliphatic rings. The lowest BCUT2D eigenvalue weighted by atomic mass is 9.84. The predicted octanol–water partition coefficient (Wildman–Crippen LogP) is 2.02. The number of carbonyl (C=O) groups excluding carboxylic acids is 1. The van der Waals surface area contributed by atoms with Crippen molar-refractivity contribution in [2.24, 2.45) is 5.41 Å². The van der Waals surface area contributed by atoms with Gasteiger partial charge in [0.2, 0.25) is 5.91 Å². The van der Waals surface area contributed by atoms with Gasteiger partial charge in [0.05, 0.1) is 5.41 Å². The van der Waals surface area contributed by atoms with Crippen LogP contribution in [-0.4, -0.2) is 37.5 Å². The van der Waals surface area contributed by atoms with Crippen molar-refractivity contribution in [3.63, 3.8) is 0 Å². The minimum Gasteiger partial charge on any atom is -0.348 e. The van der Waals surface area contributed by atoms with Crippen molar-refractivity contribution < 1.29 is 4.79 Å². The molecule has 1 fully saturated rings. The normalized spacial score (nSPS) is 20.8. The smallest absolute Gasteiger partial charge is 0.229 e. The maximum atomic E-state index is 12.3. The van der Waals surface area contributed by atoms with Gasteiger partial charge in [-0.05, 0) is 26.2 Å². The van der Waals surface area contributed by atoms with Crippen molar-refractivity contribution in [1.29, 1.82) is 0 Å². The summed E-state index contributed by atoms with van der Waals surface area (Å²) in [5, 5.41) is 3.50. The van der Waals surface area contributed by atoms with Gasteiger partial charge in [-0.2, -0.15) is 0 Å². The molecule has 1 saturated carbocycles. The minimum atomic E-state index is -0.118. The van der Waals surface area contributed by atoms with E-state index >= 15 is 0 Å². The van der Waals surface area contributed by atoms with E-state index in [0.717, 1.165) is 25.8 Å². The molecule has 3 heteroatoms. The van der Waals surface area contributed by atoms with Crippen molar-refractivity contribution in [2.45, 2.75) is 52.0 Å². The van der Waals surface area contributed by atoms with Crippen molar-refractivity contribution in [3.05, 3.63) is 0 Å². The molecule has 0 heterocycles. The zero-order valence-corrected chi connectivity index (χ0v) is 11.2. The summed E-state index contributed by atoms with van der Waals surface area (Å²) in [6.45, 7) is 5.20. The third-order valence-corrected chi connectivity index (χ3v) is 3.82. The van der Waals surface area contributed by atoms with Gasteiger partial charge in [0.1, 0.15) is 0 Å². The zero-order valence-electron chi connectivity index (χ0n) is 11.2. The standard InChI is InChI=1S/C13H26N2O/c1-5-11(2)14-10-13(8-6-7-9-13)12(16)15(3)4/h11,14H,5-10H2,1-4H3. The number of rotatable bonds is 5. The molecule has 1 aliphatic carbocycles. The van der Waals surface area contributed by atoms with Crippen molar-refractivity contribution in [2.75, 3.05) is 20.6 Å². The Labute approximate surface area is 99.6 Å². The van der Waals surface area contributed by atoms with Crippen LogP contribution in [0.3, 0.4) is 0 Å². The van der Waals surface area contributed by atoms with E-state index in [1.807, 2.05) is 14.1 Å². The topological polar surface area (TPSA) is 32.3 Å². The first-order chi connectivity index (χ1) is 7.52. The van der Waals surface area contributed by atoms with E-state index in [1.54, 1.807) is 4.90 Å². The average Bonchev–Trinajstić information content (AvgIpc) is 2.74. The van der Waals surface area contributed by atoms with E-state index in [2.05, 4.69) is 19.2 Å². The predicted molar refractivity (Wildman–Crippen MR) is 67.4 cm³/mol. The summed E-state index contributed by atoms with van der Waals surface area (Å²) < 4.78 is 0. The van der Waals surface area contributed by atoms with Gasteiger partial charge in [-0.25, -0.2) is 0 Å². The van der Waals surface area contributed by atoms with Crippen LogP contribution in [0.1, 0.15) is 46.0 Å². The van der Waals surface area contributed by atoms with E-state index in [0.29, 0.717) is 11.9 Å². The first-order valence-electron chi connectivity index (χ1n) is 6.47. The summed E-state index contributed by atoms with van der Waals surface area (Å²) in [6, 6.07) is 0.507. The zero-order chi connectivity index (χ0) is 12.2. The van der Waals surface area contributed by atoms with Crippen molar-refractivity contribution in [3.8, 4) is 0 Å². The number of hydrogen-bond donors (Lipinski definition) is 1. The fourth-order valence-corrected chi connectivity index (χ4v) is 2.51. The van der Waals surface area contributed by atoms with E-state index < -0.39 is 0 Å². The molecule has 1 rings (SSSR count). The second-order valence-electron chi connectivity index (χ2n) is 5.38. The summed E-state index contributed by atoms with van der Waals surface area (Å²) in [7, 11) is 3.73. The quantitative estimate of drug-likeness (QED) is 0.778. The van der Waals surface area contributed by atoms with Crippen LogP contribution in [0.4, 0.5) is 0 Å². The molecule has 1 unspecified atom stereocenters. The number of nitrogens with zero attached hydrogens (tertiary/aromatic N) is 1. The van der Waals surface area contributed by atoms with Crippen LogP contribution in [0.15, 0.2) is 0 Å². The number of amides is 1. The van der Waals surface area contributed by atoms with Gasteiger partial charge in [-0.15, -0.1) is 0 Å². The van der Waals surface area contributed by atoms with Crippen LogP contribution in [0.5, 0.6) is 0 Å². The summed E-state index contributed by atoms with van der Waals surface area (Å²) in [4.78, 5) is 14.0. The van der Waals surface area contributed by atoms with Crippen LogP contribution in [0, 0.1) is 5.41 Å². The molecular weight excluding hydrogens is 200 g/mol. The molecule has 16 heavy (non-hydrogen) atoms. The molecule has 1 amide bonds. The van der Waals surface area contributed by atoms with E-state index in [-0.39, 0.29) is 5.41 Å². The highest BCUT2D eigenvalue weighted by molar-refractivity contribution is 5.82. The highest BCUT2D eigenvalue weighted by Gasteiger charge is 2.41. The number of carbonyl (C=O) groups is 1. The second kappa shape index (κ2) is 5.67. The van der Waals surface area contributed by atoms with E-state index in [1.165, 1.54) is 12.8 Å². The minimum absolute atomic E-state index is 0.118. The Morgan fingerprint density at radius 1 is 1.38 bits per heavy atom. The molecule has 0 spiro atoms. The molecule has 1 N–H and O–H groups in total. The van der Waals surface area contributed by atoms with Crippen LogP contribution in [-0.2, 0) is 4.79 Å². The summed E-state index contributed by atoms with van der Waals surface area (Å²) in [5.74, 6) is 0.306. The van der Waals surface area contributed by atoms with Gasteiger partial charge in [0.25, 0.3) is 0 Å². The summed E-state index contributed by atoms with van der Waals surface area (Å²) in [6.07, 6.45) is 5.61. The lowest BCUT2D eigenvalue weighted by Crippen LogP contribution is -2.46. The lowest BCUT2D eigenvalue weighted by molar-refractivity contribution is -0.139. The number of hydrogen-bond acceptors (Lipinski definition) is 2. The second-order valence-corrected chi connectivity index (χ2v) is 5.38. The Hall–Kier alpha value is -0.570. The SMILES string of the molecule is CCC(C)NCC1(C(=O)N(C)C)CCCC1. The maximum absolute atomic E-state index is 12.3. The molecule has 0 aromatic heterocycles. The van der Waals surface area contributed by atoms with Crippen LogP contribution < -0.4 is 5.32 Å². The monoisotopic (exact) mass is 226 g/mol. The molecule has 0 bridgehead atoms. The summed E-state index contributed by atoms with van der Waals surface area (Å²) in [5.41, 5.74) is -0.118. The van der Waals surface area contributed by atoms with Gasteiger partial charge in [0.15, 0.2) is 0 Å². The molecule has 1 atom stereocenters. The molecule has 94 valence electrons. The molecule has 0 aromatic rings. The third kappa shape index (κ3) is 2.97. The Bertz CT molecular complexity index is 232.